The zero-order valence-corrected chi connectivity index (χ0v) is 11.2. The second-order valence-corrected chi connectivity index (χ2v) is 5.28. The first-order chi connectivity index (χ1) is 7.95. The van der Waals surface area contributed by atoms with Gasteiger partial charge >= 0.3 is 0 Å². The lowest BCUT2D eigenvalue weighted by Crippen LogP contribution is -2.45. The predicted molar refractivity (Wildman–Crippen MR) is 66.7 cm³/mol. The van der Waals surface area contributed by atoms with E-state index in [1.807, 2.05) is 13.8 Å². The van der Waals surface area contributed by atoms with Crippen LogP contribution in [-0.2, 0) is 9.53 Å². The van der Waals surface area contributed by atoms with Gasteiger partial charge in [-0.15, -0.1) is 0 Å². The molecule has 1 rings (SSSR count). The highest BCUT2D eigenvalue weighted by molar-refractivity contribution is 5.76. The van der Waals surface area contributed by atoms with Crippen molar-refractivity contribution in [2.75, 3.05) is 13.2 Å². The topological polar surface area (TPSA) is 58.6 Å². The van der Waals surface area contributed by atoms with E-state index in [4.69, 9.17) is 4.74 Å². The van der Waals surface area contributed by atoms with Crippen molar-refractivity contribution in [2.24, 2.45) is 5.92 Å². The van der Waals surface area contributed by atoms with E-state index in [1.165, 1.54) is 0 Å². The fraction of sp³-hybridized carbons (Fsp3) is 0.923. The summed E-state index contributed by atoms with van der Waals surface area (Å²) >= 11 is 0. The summed E-state index contributed by atoms with van der Waals surface area (Å²) in [6.45, 7) is 6.88. The average Bonchev–Trinajstić information content (AvgIpc) is 2.78. The Morgan fingerprint density at radius 2 is 2.35 bits per heavy atom. The van der Waals surface area contributed by atoms with Crippen LogP contribution >= 0.6 is 0 Å². The van der Waals surface area contributed by atoms with Gasteiger partial charge in [0.2, 0.25) is 5.91 Å². The molecule has 1 saturated heterocycles. The first-order valence-corrected chi connectivity index (χ1v) is 6.56. The van der Waals surface area contributed by atoms with Gasteiger partial charge in [0.15, 0.2) is 0 Å². The van der Waals surface area contributed by atoms with Gasteiger partial charge in [-0.05, 0) is 25.7 Å². The lowest BCUT2D eigenvalue weighted by Gasteiger charge is -2.29. The molecule has 0 aliphatic carbocycles. The van der Waals surface area contributed by atoms with Crippen LogP contribution in [0.5, 0.6) is 0 Å². The molecule has 4 heteroatoms. The minimum Gasteiger partial charge on any atom is -0.388 e. The van der Waals surface area contributed by atoms with Gasteiger partial charge in [0.05, 0.1) is 18.1 Å². The summed E-state index contributed by atoms with van der Waals surface area (Å²) in [5, 5.41) is 12.9. The molecule has 1 fully saturated rings. The fourth-order valence-electron chi connectivity index (χ4n) is 1.98. The van der Waals surface area contributed by atoms with Crippen molar-refractivity contribution < 1.29 is 14.6 Å². The zero-order valence-electron chi connectivity index (χ0n) is 11.2. The quantitative estimate of drug-likeness (QED) is 0.742. The Morgan fingerprint density at radius 3 is 2.88 bits per heavy atom. The molecule has 0 aromatic carbocycles. The highest BCUT2D eigenvalue weighted by atomic mass is 16.5. The standard InChI is InChI=1S/C13H25NO3/c1-4-10(2)13(3,16)9-14-12(15)8-11-6-5-7-17-11/h10-11,16H,4-9H2,1-3H3,(H,14,15). The number of amides is 1. The summed E-state index contributed by atoms with van der Waals surface area (Å²) in [5.41, 5.74) is -0.832. The first kappa shape index (κ1) is 14.5. The summed E-state index contributed by atoms with van der Waals surface area (Å²) in [5.74, 6) is 0.144. The number of hydrogen-bond donors (Lipinski definition) is 2. The Morgan fingerprint density at radius 1 is 1.65 bits per heavy atom. The van der Waals surface area contributed by atoms with E-state index >= 15 is 0 Å². The van der Waals surface area contributed by atoms with Gasteiger partial charge in [0.1, 0.15) is 0 Å². The predicted octanol–water partition coefficient (Wildman–Crippen LogP) is 1.47. The molecule has 0 saturated carbocycles. The highest BCUT2D eigenvalue weighted by Crippen LogP contribution is 2.19. The van der Waals surface area contributed by atoms with Gasteiger partial charge in [-0.2, -0.15) is 0 Å². The van der Waals surface area contributed by atoms with Gasteiger partial charge in [-0.1, -0.05) is 20.3 Å². The van der Waals surface area contributed by atoms with Crippen molar-refractivity contribution in [2.45, 2.75) is 58.2 Å². The second-order valence-electron chi connectivity index (χ2n) is 5.28. The van der Waals surface area contributed by atoms with E-state index in [0.717, 1.165) is 25.9 Å². The van der Waals surface area contributed by atoms with Crippen LogP contribution in [-0.4, -0.2) is 35.9 Å². The molecule has 3 atom stereocenters. The maximum atomic E-state index is 11.7. The van der Waals surface area contributed by atoms with Crippen molar-refractivity contribution in [1.82, 2.24) is 5.32 Å². The molecular weight excluding hydrogens is 218 g/mol. The molecule has 1 aliphatic rings. The molecule has 100 valence electrons. The minimum absolute atomic E-state index is 0.0273. The van der Waals surface area contributed by atoms with Crippen LogP contribution in [0, 0.1) is 5.92 Å². The number of aliphatic hydroxyl groups is 1. The molecule has 0 aromatic heterocycles. The van der Waals surface area contributed by atoms with E-state index < -0.39 is 5.60 Å². The van der Waals surface area contributed by atoms with Crippen LogP contribution in [0.1, 0.15) is 46.5 Å². The van der Waals surface area contributed by atoms with Gasteiger partial charge in [0, 0.05) is 13.2 Å². The zero-order chi connectivity index (χ0) is 12.9. The minimum atomic E-state index is -0.832. The molecule has 0 radical (unpaired) electrons. The normalized spacial score (nSPS) is 25.3. The molecule has 0 aromatic rings. The molecule has 2 N–H and O–H groups in total. The summed E-state index contributed by atoms with van der Waals surface area (Å²) in [6, 6.07) is 0. The summed E-state index contributed by atoms with van der Waals surface area (Å²) < 4.78 is 5.40. The Hall–Kier alpha value is -0.610. The number of carbonyl (C=O) groups is 1. The smallest absolute Gasteiger partial charge is 0.222 e. The lowest BCUT2D eigenvalue weighted by molar-refractivity contribution is -0.124. The van der Waals surface area contributed by atoms with Gasteiger partial charge in [-0.25, -0.2) is 0 Å². The van der Waals surface area contributed by atoms with Crippen LogP contribution in [0.15, 0.2) is 0 Å². The molecular formula is C13H25NO3. The van der Waals surface area contributed by atoms with Crippen LogP contribution in [0.3, 0.4) is 0 Å². The fourth-order valence-corrected chi connectivity index (χ4v) is 1.98. The maximum Gasteiger partial charge on any atom is 0.222 e. The number of rotatable bonds is 6. The monoisotopic (exact) mass is 243 g/mol. The van der Waals surface area contributed by atoms with E-state index in [1.54, 1.807) is 6.92 Å². The summed E-state index contributed by atoms with van der Waals surface area (Å²) in [6.07, 6.45) is 3.40. The third kappa shape index (κ3) is 4.64. The highest BCUT2D eigenvalue weighted by Gasteiger charge is 2.28. The van der Waals surface area contributed by atoms with Gasteiger partial charge in [-0.3, -0.25) is 4.79 Å². The second kappa shape index (κ2) is 6.36. The van der Waals surface area contributed by atoms with Gasteiger partial charge in [0.25, 0.3) is 0 Å². The van der Waals surface area contributed by atoms with Crippen molar-refractivity contribution in [3.05, 3.63) is 0 Å². The van der Waals surface area contributed by atoms with Crippen LogP contribution < -0.4 is 5.32 Å². The molecule has 3 unspecified atom stereocenters. The van der Waals surface area contributed by atoms with Crippen molar-refractivity contribution in [3.8, 4) is 0 Å². The molecule has 1 aliphatic heterocycles. The number of nitrogens with one attached hydrogen (secondary N) is 1. The van der Waals surface area contributed by atoms with Crippen molar-refractivity contribution in [3.63, 3.8) is 0 Å². The van der Waals surface area contributed by atoms with Crippen molar-refractivity contribution >= 4 is 5.91 Å². The molecule has 1 heterocycles. The maximum absolute atomic E-state index is 11.7. The van der Waals surface area contributed by atoms with E-state index in [-0.39, 0.29) is 17.9 Å². The Bertz CT molecular complexity index is 247. The van der Waals surface area contributed by atoms with Gasteiger partial charge < -0.3 is 15.2 Å². The Labute approximate surface area is 104 Å². The van der Waals surface area contributed by atoms with E-state index in [0.29, 0.717) is 13.0 Å². The van der Waals surface area contributed by atoms with E-state index in [2.05, 4.69) is 5.32 Å². The molecule has 17 heavy (non-hydrogen) atoms. The van der Waals surface area contributed by atoms with Crippen LogP contribution in [0.2, 0.25) is 0 Å². The SMILES string of the molecule is CCC(C)C(C)(O)CNC(=O)CC1CCCO1. The molecule has 1 amide bonds. The summed E-state index contributed by atoms with van der Waals surface area (Å²) in [4.78, 5) is 11.7. The largest absolute Gasteiger partial charge is 0.388 e. The van der Waals surface area contributed by atoms with Crippen LogP contribution in [0.4, 0.5) is 0 Å². The van der Waals surface area contributed by atoms with Crippen molar-refractivity contribution in [1.29, 1.82) is 0 Å². The third-order valence-corrected chi connectivity index (χ3v) is 3.75. The number of carbonyl (C=O) groups excluding carboxylic acids is 1. The first-order valence-electron chi connectivity index (χ1n) is 6.56. The molecule has 0 bridgehead atoms. The average molecular weight is 243 g/mol. The lowest BCUT2D eigenvalue weighted by atomic mass is 9.88. The molecule has 4 nitrogen and oxygen atoms in total. The van der Waals surface area contributed by atoms with Crippen LogP contribution in [0.25, 0.3) is 0 Å². The number of ether oxygens (including phenoxy) is 1. The third-order valence-electron chi connectivity index (χ3n) is 3.75. The number of hydrogen-bond acceptors (Lipinski definition) is 3. The molecule has 0 spiro atoms. The Kier molecular flexibility index (Phi) is 5.40. The summed E-state index contributed by atoms with van der Waals surface area (Å²) in [7, 11) is 0. The van der Waals surface area contributed by atoms with E-state index in [9.17, 15) is 9.90 Å². The Balaban J connectivity index is 2.26.